The normalized spacial score (nSPS) is 10.7. The SMILES string of the molecule is Oc1c(O)c2ccccc2c2ccccc12.Oc1cc2ccccc2cc1O. The Kier molecular flexibility index (Phi) is 4.38. The molecule has 0 unspecified atom stereocenters. The molecule has 0 saturated heterocycles. The summed E-state index contributed by atoms with van der Waals surface area (Å²) in [7, 11) is 0. The fourth-order valence-corrected chi connectivity index (χ4v) is 3.32. The van der Waals surface area contributed by atoms with E-state index in [0.29, 0.717) is 10.8 Å². The van der Waals surface area contributed by atoms with E-state index in [0.717, 1.165) is 21.5 Å². The smallest absolute Gasteiger partial charge is 0.166 e. The number of fused-ring (bicyclic) bond motifs is 4. The fourth-order valence-electron chi connectivity index (χ4n) is 3.32. The van der Waals surface area contributed by atoms with Crippen molar-refractivity contribution in [3.63, 3.8) is 0 Å². The molecule has 28 heavy (non-hydrogen) atoms. The standard InChI is InChI=1S/C14H10O2.C10H8O2/c15-13-11-7-3-1-5-9(11)10-6-2-4-8-12(10)14(13)16;11-9-5-7-3-1-2-4-8(7)6-10(9)12/h1-8,15-16H;1-6,11-12H. The first kappa shape index (κ1) is 17.5. The minimum Gasteiger partial charge on any atom is -0.504 e. The molecule has 0 aliphatic rings. The Balaban J connectivity index is 0.000000143. The van der Waals surface area contributed by atoms with Crippen LogP contribution in [0.3, 0.4) is 0 Å². The molecule has 0 aromatic heterocycles. The van der Waals surface area contributed by atoms with E-state index in [4.69, 9.17) is 10.2 Å². The van der Waals surface area contributed by atoms with Crippen LogP contribution >= 0.6 is 0 Å². The molecule has 138 valence electrons. The second kappa shape index (κ2) is 7.00. The van der Waals surface area contributed by atoms with Crippen molar-refractivity contribution in [2.24, 2.45) is 0 Å². The predicted octanol–water partition coefficient (Wildman–Crippen LogP) is 5.66. The summed E-state index contributed by atoms with van der Waals surface area (Å²) in [5.74, 6) is -0.244. The Hall–Kier alpha value is -3.92. The zero-order valence-corrected chi connectivity index (χ0v) is 14.9. The molecule has 5 aromatic rings. The molecule has 0 aliphatic heterocycles. The summed E-state index contributed by atoms with van der Waals surface area (Å²) in [5.41, 5.74) is 0. The van der Waals surface area contributed by atoms with Crippen molar-refractivity contribution < 1.29 is 20.4 Å². The van der Waals surface area contributed by atoms with Crippen LogP contribution < -0.4 is 0 Å². The van der Waals surface area contributed by atoms with Crippen LogP contribution in [0.1, 0.15) is 0 Å². The van der Waals surface area contributed by atoms with Crippen molar-refractivity contribution in [2.75, 3.05) is 0 Å². The molecule has 0 spiro atoms. The van der Waals surface area contributed by atoms with Crippen molar-refractivity contribution in [1.82, 2.24) is 0 Å². The lowest BCUT2D eigenvalue weighted by molar-refractivity contribution is 0.405. The molecule has 4 heteroatoms. The van der Waals surface area contributed by atoms with Crippen LogP contribution in [-0.4, -0.2) is 20.4 Å². The Morgan fingerprint density at radius 3 is 1.11 bits per heavy atom. The van der Waals surface area contributed by atoms with Gasteiger partial charge in [0.1, 0.15) is 0 Å². The Morgan fingerprint density at radius 2 is 0.714 bits per heavy atom. The average molecular weight is 370 g/mol. The van der Waals surface area contributed by atoms with Gasteiger partial charge in [-0.2, -0.15) is 0 Å². The third-order valence-corrected chi connectivity index (χ3v) is 4.72. The van der Waals surface area contributed by atoms with E-state index in [9.17, 15) is 10.2 Å². The number of phenols is 4. The van der Waals surface area contributed by atoms with E-state index in [2.05, 4.69) is 0 Å². The predicted molar refractivity (Wildman–Crippen MR) is 112 cm³/mol. The largest absolute Gasteiger partial charge is 0.504 e. The van der Waals surface area contributed by atoms with Crippen molar-refractivity contribution in [3.05, 3.63) is 84.9 Å². The number of hydrogen-bond donors (Lipinski definition) is 4. The van der Waals surface area contributed by atoms with Crippen LogP contribution in [-0.2, 0) is 0 Å². The highest BCUT2D eigenvalue weighted by Gasteiger charge is 2.11. The van der Waals surface area contributed by atoms with E-state index in [-0.39, 0.29) is 23.0 Å². The van der Waals surface area contributed by atoms with Crippen molar-refractivity contribution in [2.45, 2.75) is 0 Å². The van der Waals surface area contributed by atoms with E-state index >= 15 is 0 Å². The lowest BCUT2D eigenvalue weighted by Crippen LogP contribution is -1.80. The van der Waals surface area contributed by atoms with Gasteiger partial charge in [0.25, 0.3) is 0 Å². The average Bonchev–Trinajstić information content (AvgIpc) is 2.73. The van der Waals surface area contributed by atoms with E-state index < -0.39 is 0 Å². The summed E-state index contributed by atoms with van der Waals surface area (Å²) in [6, 6.07) is 25.7. The molecule has 0 atom stereocenters. The van der Waals surface area contributed by atoms with Gasteiger partial charge in [-0.25, -0.2) is 0 Å². The Morgan fingerprint density at radius 1 is 0.393 bits per heavy atom. The summed E-state index contributed by atoms with van der Waals surface area (Å²) in [6.45, 7) is 0. The molecule has 0 bridgehead atoms. The molecule has 0 amide bonds. The van der Waals surface area contributed by atoms with Gasteiger partial charge in [-0.3, -0.25) is 0 Å². The van der Waals surface area contributed by atoms with Crippen LogP contribution in [0.2, 0.25) is 0 Å². The summed E-state index contributed by atoms with van der Waals surface area (Å²) >= 11 is 0. The summed E-state index contributed by atoms with van der Waals surface area (Å²) in [4.78, 5) is 0. The maximum Gasteiger partial charge on any atom is 0.166 e. The molecule has 4 nitrogen and oxygen atoms in total. The first-order chi connectivity index (χ1) is 13.6. The molecule has 0 radical (unpaired) electrons. The molecular formula is C24H18O4. The van der Waals surface area contributed by atoms with Crippen LogP contribution in [0.25, 0.3) is 32.3 Å². The molecular weight excluding hydrogens is 352 g/mol. The highest BCUT2D eigenvalue weighted by Crippen LogP contribution is 2.41. The van der Waals surface area contributed by atoms with Gasteiger partial charge in [0.15, 0.2) is 23.0 Å². The van der Waals surface area contributed by atoms with Gasteiger partial charge in [0.2, 0.25) is 0 Å². The quantitative estimate of drug-likeness (QED) is 0.210. The highest BCUT2D eigenvalue weighted by atomic mass is 16.3. The molecule has 5 rings (SSSR count). The van der Waals surface area contributed by atoms with Crippen LogP contribution in [0, 0.1) is 0 Å². The number of aromatic hydroxyl groups is 4. The second-order valence-electron chi connectivity index (χ2n) is 6.48. The molecule has 0 aliphatic carbocycles. The first-order valence-corrected chi connectivity index (χ1v) is 8.78. The van der Waals surface area contributed by atoms with Crippen molar-refractivity contribution >= 4 is 32.3 Å². The van der Waals surface area contributed by atoms with Crippen LogP contribution in [0.4, 0.5) is 0 Å². The minimum atomic E-state index is -0.0753. The third kappa shape index (κ3) is 3.01. The van der Waals surface area contributed by atoms with Gasteiger partial charge < -0.3 is 20.4 Å². The lowest BCUT2D eigenvalue weighted by Gasteiger charge is -2.08. The zero-order chi connectivity index (χ0) is 19.7. The molecule has 5 aromatic carbocycles. The van der Waals surface area contributed by atoms with Gasteiger partial charge in [-0.15, -0.1) is 0 Å². The number of phenolic OH excluding ortho intramolecular Hbond substituents is 4. The van der Waals surface area contributed by atoms with Crippen LogP contribution in [0.5, 0.6) is 23.0 Å². The van der Waals surface area contributed by atoms with E-state index in [1.54, 1.807) is 24.3 Å². The minimum absolute atomic E-state index is 0.0469. The molecule has 4 N–H and O–H groups in total. The van der Waals surface area contributed by atoms with Gasteiger partial charge in [0, 0.05) is 10.8 Å². The van der Waals surface area contributed by atoms with Gasteiger partial charge in [-0.05, 0) is 33.7 Å². The van der Waals surface area contributed by atoms with Gasteiger partial charge in [0.05, 0.1) is 0 Å². The van der Waals surface area contributed by atoms with E-state index in [1.807, 2.05) is 60.7 Å². The summed E-state index contributed by atoms with van der Waals surface area (Å²) in [6.07, 6.45) is 0. The lowest BCUT2D eigenvalue weighted by atomic mass is 10.0. The highest BCUT2D eigenvalue weighted by molar-refractivity contribution is 6.13. The molecule has 0 heterocycles. The number of hydrogen-bond acceptors (Lipinski definition) is 4. The van der Waals surface area contributed by atoms with Crippen molar-refractivity contribution in [3.8, 4) is 23.0 Å². The maximum absolute atomic E-state index is 9.91. The Bertz CT molecular complexity index is 1210. The third-order valence-electron chi connectivity index (χ3n) is 4.72. The topological polar surface area (TPSA) is 80.9 Å². The number of rotatable bonds is 0. The Labute approximate surface area is 161 Å². The summed E-state index contributed by atoms with van der Waals surface area (Å²) < 4.78 is 0. The molecule has 0 saturated carbocycles. The van der Waals surface area contributed by atoms with Crippen LogP contribution in [0.15, 0.2) is 84.9 Å². The maximum atomic E-state index is 9.91. The van der Waals surface area contributed by atoms with Crippen molar-refractivity contribution in [1.29, 1.82) is 0 Å². The summed E-state index contributed by atoms with van der Waals surface area (Å²) in [5, 5.41) is 43.3. The van der Waals surface area contributed by atoms with Gasteiger partial charge >= 0.3 is 0 Å². The van der Waals surface area contributed by atoms with E-state index in [1.165, 1.54) is 0 Å². The molecule has 0 fully saturated rings. The monoisotopic (exact) mass is 370 g/mol. The first-order valence-electron chi connectivity index (χ1n) is 8.78. The fraction of sp³-hybridized carbons (Fsp3) is 0. The second-order valence-corrected chi connectivity index (χ2v) is 6.48. The zero-order valence-electron chi connectivity index (χ0n) is 14.9. The van der Waals surface area contributed by atoms with Gasteiger partial charge in [-0.1, -0.05) is 72.8 Å². The number of benzene rings is 5.